The Labute approximate surface area is 204 Å². The van der Waals surface area contributed by atoms with Crippen molar-refractivity contribution in [3.63, 3.8) is 0 Å². The number of amides is 2. The number of nitrogens with one attached hydrogen (secondary N) is 2. The van der Waals surface area contributed by atoms with E-state index in [1.807, 2.05) is 49.2 Å². The molecule has 2 N–H and O–H groups in total. The average molecular weight is 485 g/mol. The summed E-state index contributed by atoms with van der Waals surface area (Å²) >= 11 is 6.18. The predicted octanol–water partition coefficient (Wildman–Crippen LogP) is 3.99. The fourth-order valence-corrected chi connectivity index (χ4v) is 4.52. The van der Waals surface area contributed by atoms with Crippen molar-refractivity contribution in [2.24, 2.45) is 5.92 Å². The number of benzene rings is 2. The molecule has 0 radical (unpaired) electrons. The molecule has 1 aliphatic heterocycles. The monoisotopic (exact) mass is 484 g/mol. The van der Waals surface area contributed by atoms with Gasteiger partial charge in [-0.3, -0.25) is 14.5 Å². The third kappa shape index (κ3) is 5.59. The lowest BCUT2D eigenvalue weighted by atomic mass is 10.0. The fraction of sp³-hybridized carbons (Fsp3) is 0.385. The van der Waals surface area contributed by atoms with Crippen LogP contribution in [0.4, 0.5) is 4.39 Å². The van der Waals surface area contributed by atoms with Gasteiger partial charge in [-0.25, -0.2) is 4.39 Å². The number of hydrogen-bond acceptors (Lipinski definition) is 3. The number of H-pyrrole nitrogens is 1. The Hall–Kier alpha value is -2.90. The van der Waals surface area contributed by atoms with E-state index in [1.54, 1.807) is 6.07 Å². The number of aromatic amines is 1. The summed E-state index contributed by atoms with van der Waals surface area (Å²) in [6.45, 7) is 6.71. The molecule has 4 rings (SSSR count). The molecule has 2 aromatic carbocycles. The number of halogens is 2. The van der Waals surface area contributed by atoms with Gasteiger partial charge in [0.2, 0.25) is 11.8 Å². The van der Waals surface area contributed by atoms with Gasteiger partial charge in [-0.2, -0.15) is 0 Å². The second kappa shape index (κ2) is 10.6. The molecule has 3 aromatic rings. The van der Waals surface area contributed by atoms with Crippen molar-refractivity contribution < 1.29 is 14.0 Å². The van der Waals surface area contributed by atoms with Crippen molar-refractivity contribution in [2.45, 2.75) is 32.9 Å². The number of fused-ring (bicyclic) bond motifs is 1. The highest BCUT2D eigenvalue weighted by molar-refractivity contribution is 6.31. The number of nitrogens with zero attached hydrogens (tertiary/aromatic N) is 2. The van der Waals surface area contributed by atoms with E-state index in [2.05, 4.69) is 15.2 Å². The number of carbonyl (C=O) groups excluding carboxylic acids is 2. The van der Waals surface area contributed by atoms with Gasteiger partial charge in [0.1, 0.15) is 11.9 Å². The lowest BCUT2D eigenvalue weighted by Gasteiger charge is -2.36. The molecule has 0 bridgehead atoms. The van der Waals surface area contributed by atoms with E-state index in [0.717, 1.165) is 22.0 Å². The molecule has 2 heterocycles. The molecule has 0 aliphatic carbocycles. The maximum Gasteiger partial charge on any atom is 0.245 e. The van der Waals surface area contributed by atoms with E-state index >= 15 is 0 Å². The SMILES string of the molecule is CC(C)C(=O)NC(Cc1c[nH]c2ccccc12)C(=O)N1CCN(Cc2ccc(F)cc2Cl)CC1. The zero-order chi connectivity index (χ0) is 24.2. The number of hydrogen-bond donors (Lipinski definition) is 2. The Balaban J connectivity index is 1.43. The summed E-state index contributed by atoms with van der Waals surface area (Å²) in [6.07, 6.45) is 2.34. The molecule has 180 valence electrons. The molecule has 1 aliphatic rings. The molecule has 8 heteroatoms. The number of piperazine rings is 1. The van der Waals surface area contributed by atoms with E-state index in [1.165, 1.54) is 12.1 Å². The first kappa shape index (κ1) is 24.2. The summed E-state index contributed by atoms with van der Waals surface area (Å²) in [5.41, 5.74) is 2.87. The minimum atomic E-state index is -0.632. The molecule has 2 amide bonds. The Morgan fingerprint density at radius 2 is 1.82 bits per heavy atom. The number of rotatable bonds is 7. The van der Waals surface area contributed by atoms with Crippen LogP contribution in [0, 0.1) is 11.7 Å². The quantitative estimate of drug-likeness (QED) is 0.533. The molecule has 1 aromatic heterocycles. The lowest BCUT2D eigenvalue weighted by Crippen LogP contribution is -2.55. The minimum absolute atomic E-state index is 0.0706. The van der Waals surface area contributed by atoms with E-state index in [4.69, 9.17) is 11.6 Å². The second-order valence-electron chi connectivity index (χ2n) is 9.12. The van der Waals surface area contributed by atoms with Gasteiger partial charge in [0.15, 0.2) is 0 Å². The zero-order valence-corrected chi connectivity index (χ0v) is 20.2. The Morgan fingerprint density at radius 3 is 2.53 bits per heavy atom. The third-order valence-corrected chi connectivity index (χ3v) is 6.68. The second-order valence-corrected chi connectivity index (χ2v) is 9.52. The first-order valence-electron chi connectivity index (χ1n) is 11.6. The lowest BCUT2D eigenvalue weighted by molar-refractivity contribution is -0.138. The highest BCUT2D eigenvalue weighted by atomic mass is 35.5. The highest BCUT2D eigenvalue weighted by Gasteiger charge is 2.30. The normalized spacial score (nSPS) is 15.6. The Morgan fingerprint density at radius 1 is 1.09 bits per heavy atom. The smallest absolute Gasteiger partial charge is 0.245 e. The molecule has 1 atom stereocenters. The largest absolute Gasteiger partial charge is 0.361 e. The zero-order valence-electron chi connectivity index (χ0n) is 19.5. The maximum absolute atomic E-state index is 13.5. The van der Waals surface area contributed by atoms with Crippen molar-refractivity contribution in [1.82, 2.24) is 20.1 Å². The highest BCUT2D eigenvalue weighted by Crippen LogP contribution is 2.22. The third-order valence-electron chi connectivity index (χ3n) is 6.33. The van der Waals surface area contributed by atoms with Crippen LogP contribution in [0.5, 0.6) is 0 Å². The van der Waals surface area contributed by atoms with Gasteiger partial charge in [-0.1, -0.05) is 49.7 Å². The van der Waals surface area contributed by atoms with E-state index in [0.29, 0.717) is 44.2 Å². The Kier molecular flexibility index (Phi) is 7.54. The van der Waals surface area contributed by atoms with Crippen LogP contribution in [-0.4, -0.2) is 58.8 Å². The number of aromatic nitrogens is 1. The van der Waals surface area contributed by atoms with Crippen LogP contribution in [-0.2, 0) is 22.6 Å². The van der Waals surface area contributed by atoms with Crippen molar-refractivity contribution in [3.05, 3.63) is 70.6 Å². The molecule has 34 heavy (non-hydrogen) atoms. The maximum atomic E-state index is 13.5. The molecule has 0 spiro atoms. The minimum Gasteiger partial charge on any atom is -0.361 e. The fourth-order valence-electron chi connectivity index (χ4n) is 4.30. The molecule has 1 saturated heterocycles. The standard InChI is InChI=1S/C26H30ClFN4O2/c1-17(2)25(33)30-24(13-19-15-29-23-6-4-3-5-21(19)23)26(34)32-11-9-31(10-12-32)16-18-7-8-20(28)14-22(18)27/h3-8,14-15,17,24,29H,9-13,16H2,1-2H3,(H,30,33). The first-order valence-corrected chi connectivity index (χ1v) is 12.0. The Bertz CT molecular complexity index is 1170. The predicted molar refractivity (Wildman–Crippen MR) is 132 cm³/mol. The summed E-state index contributed by atoms with van der Waals surface area (Å²) < 4.78 is 13.3. The van der Waals surface area contributed by atoms with Gasteiger partial charge in [0.05, 0.1) is 0 Å². The average Bonchev–Trinajstić information content (AvgIpc) is 3.23. The van der Waals surface area contributed by atoms with Gasteiger partial charge in [-0.15, -0.1) is 0 Å². The molecule has 1 unspecified atom stereocenters. The first-order chi connectivity index (χ1) is 16.3. The van der Waals surface area contributed by atoms with Gasteiger partial charge >= 0.3 is 0 Å². The van der Waals surface area contributed by atoms with Crippen molar-refractivity contribution in [2.75, 3.05) is 26.2 Å². The van der Waals surface area contributed by atoms with E-state index < -0.39 is 6.04 Å². The van der Waals surface area contributed by atoms with Crippen LogP contribution in [0.15, 0.2) is 48.7 Å². The molecule has 1 fully saturated rings. The molecule has 0 saturated carbocycles. The molecule has 6 nitrogen and oxygen atoms in total. The van der Waals surface area contributed by atoms with Gasteiger partial charge < -0.3 is 15.2 Å². The summed E-state index contributed by atoms with van der Waals surface area (Å²) in [5, 5.41) is 4.44. The summed E-state index contributed by atoms with van der Waals surface area (Å²) in [7, 11) is 0. The van der Waals surface area contributed by atoms with E-state index in [9.17, 15) is 14.0 Å². The molecular formula is C26H30ClFN4O2. The van der Waals surface area contributed by atoms with Gasteiger partial charge in [0, 0.05) is 67.2 Å². The van der Waals surface area contributed by atoms with Crippen LogP contribution < -0.4 is 5.32 Å². The van der Waals surface area contributed by atoms with Crippen LogP contribution in [0.25, 0.3) is 10.9 Å². The summed E-state index contributed by atoms with van der Waals surface area (Å²) in [5.74, 6) is -0.772. The topological polar surface area (TPSA) is 68.4 Å². The molecular weight excluding hydrogens is 455 g/mol. The van der Waals surface area contributed by atoms with Gasteiger partial charge in [-0.05, 0) is 29.3 Å². The van der Waals surface area contributed by atoms with Crippen molar-refractivity contribution in [3.8, 4) is 0 Å². The van der Waals surface area contributed by atoms with Crippen LogP contribution in [0.1, 0.15) is 25.0 Å². The van der Waals surface area contributed by atoms with Crippen LogP contribution >= 0.6 is 11.6 Å². The van der Waals surface area contributed by atoms with Crippen LogP contribution in [0.2, 0.25) is 5.02 Å². The van der Waals surface area contributed by atoms with Gasteiger partial charge in [0.25, 0.3) is 0 Å². The van der Waals surface area contributed by atoms with Crippen LogP contribution in [0.3, 0.4) is 0 Å². The summed E-state index contributed by atoms with van der Waals surface area (Å²) in [6, 6.07) is 11.7. The summed E-state index contributed by atoms with van der Waals surface area (Å²) in [4.78, 5) is 33.3. The van der Waals surface area contributed by atoms with Crippen molar-refractivity contribution in [1.29, 1.82) is 0 Å². The number of para-hydroxylation sites is 1. The van der Waals surface area contributed by atoms with E-state index in [-0.39, 0.29) is 23.5 Å². The number of carbonyl (C=O) groups is 2. The van der Waals surface area contributed by atoms with Crippen molar-refractivity contribution >= 4 is 34.3 Å².